The fraction of sp³-hybridized carbons (Fsp3) is 0.417. The van der Waals surface area contributed by atoms with Gasteiger partial charge in [-0.3, -0.25) is 4.79 Å². The molecule has 172 valence electrons. The predicted octanol–water partition coefficient (Wildman–Crippen LogP) is 4.22. The molecule has 3 unspecified atom stereocenters. The second-order valence-electron chi connectivity index (χ2n) is 9.18. The van der Waals surface area contributed by atoms with Gasteiger partial charge >= 0.3 is 0 Å². The van der Waals surface area contributed by atoms with Gasteiger partial charge in [0, 0.05) is 24.2 Å². The first-order valence-electron chi connectivity index (χ1n) is 11.5. The SMILES string of the molecule is Cc1nn(-c2ccccc2)c2c1C(C1CC1)N(C1CCCN([S+](=O)([O-])c3cccs3)C1)C2=O. The maximum atomic E-state index is 13.9. The Hall–Kier alpha value is -2.33. The molecule has 2 aliphatic heterocycles. The quantitative estimate of drug-likeness (QED) is 0.510. The number of fused-ring (bicyclic) bond motifs is 1. The highest BCUT2D eigenvalue weighted by atomic mass is 32.3. The lowest BCUT2D eigenvalue weighted by Gasteiger charge is -2.40. The first-order chi connectivity index (χ1) is 16.0. The molecule has 3 aliphatic rings. The summed E-state index contributed by atoms with van der Waals surface area (Å²) in [6, 6.07) is 13.0. The van der Waals surface area contributed by atoms with Crippen LogP contribution in [0.3, 0.4) is 0 Å². The molecule has 1 saturated heterocycles. The van der Waals surface area contributed by atoms with Crippen molar-refractivity contribution in [3.05, 3.63) is 64.8 Å². The average molecular weight is 483 g/mol. The molecule has 4 heterocycles. The Morgan fingerprint density at radius 3 is 2.61 bits per heavy atom. The second kappa shape index (κ2) is 7.87. The van der Waals surface area contributed by atoms with Crippen molar-refractivity contribution in [2.45, 2.75) is 48.9 Å². The number of aromatic nitrogens is 2. The number of piperidine rings is 1. The summed E-state index contributed by atoms with van der Waals surface area (Å²) < 4.78 is 30.1. The molecule has 3 aromatic rings. The van der Waals surface area contributed by atoms with E-state index < -0.39 is 10.4 Å². The molecule has 9 heteroatoms. The van der Waals surface area contributed by atoms with Crippen molar-refractivity contribution in [2.75, 3.05) is 13.1 Å². The zero-order valence-electron chi connectivity index (χ0n) is 18.4. The number of rotatable bonds is 5. The van der Waals surface area contributed by atoms with Crippen LogP contribution in [0.1, 0.15) is 53.5 Å². The molecule has 0 N–H and O–H groups in total. The molecular formula is C24H26N4O3S2. The van der Waals surface area contributed by atoms with E-state index >= 15 is 0 Å². The van der Waals surface area contributed by atoms with Crippen molar-refractivity contribution in [1.29, 1.82) is 0 Å². The van der Waals surface area contributed by atoms with Crippen molar-refractivity contribution in [3.8, 4) is 5.69 Å². The Bertz CT molecular complexity index is 1240. The van der Waals surface area contributed by atoms with Gasteiger partial charge in [-0.05, 0) is 62.1 Å². The van der Waals surface area contributed by atoms with Crippen LogP contribution in [0.25, 0.3) is 5.69 Å². The summed E-state index contributed by atoms with van der Waals surface area (Å²) in [7, 11) is -3.54. The number of carbonyl (C=O) groups excluding carboxylic acids is 1. The highest BCUT2D eigenvalue weighted by Crippen LogP contribution is 2.52. The maximum Gasteiger partial charge on any atom is 0.273 e. The topological polar surface area (TPSA) is 81.5 Å². The van der Waals surface area contributed by atoms with E-state index in [1.165, 1.54) is 11.3 Å². The zero-order chi connectivity index (χ0) is 22.7. The number of thiophene rings is 1. The van der Waals surface area contributed by atoms with E-state index in [0.717, 1.165) is 42.6 Å². The summed E-state index contributed by atoms with van der Waals surface area (Å²) in [4.78, 5) is 15.9. The Labute approximate surface area is 198 Å². The van der Waals surface area contributed by atoms with Crippen molar-refractivity contribution in [1.82, 2.24) is 19.0 Å². The fourth-order valence-corrected chi connectivity index (χ4v) is 8.07. The minimum absolute atomic E-state index is 0.0145. The standard InChI is InChI=1S/C24H26N4O3S2/c1-16-21-22(17-11-12-17)27(24(29)23(21)28(25-16)18-7-3-2-4-8-18)19-9-5-13-26(15-19)33(30,31)20-10-6-14-32-20/h2-4,6-8,10,14,17,19,22H,5,9,11-13,15H2,1H3. The van der Waals surface area contributed by atoms with Gasteiger partial charge in [0.05, 0.1) is 24.0 Å². The van der Waals surface area contributed by atoms with E-state index in [-0.39, 0.29) is 18.0 Å². The molecule has 0 spiro atoms. The van der Waals surface area contributed by atoms with Gasteiger partial charge in [0.25, 0.3) is 5.91 Å². The van der Waals surface area contributed by atoms with Crippen LogP contribution < -0.4 is 0 Å². The van der Waals surface area contributed by atoms with Crippen LogP contribution in [0, 0.1) is 12.8 Å². The molecule has 33 heavy (non-hydrogen) atoms. The lowest BCUT2D eigenvalue weighted by molar-refractivity contribution is 0.0495. The smallest absolute Gasteiger partial charge is 0.273 e. The first-order valence-corrected chi connectivity index (χ1v) is 13.8. The molecule has 1 saturated carbocycles. The third-order valence-electron chi connectivity index (χ3n) is 7.05. The van der Waals surface area contributed by atoms with Crippen LogP contribution in [0.4, 0.5) is 0 Å². The summed E-state index contributed by atoms with van der Waals surface area (Å²) in [5.74, 6) is 0.401. The number of sulfonamides is 1. The predicted molar refractivity (Wildman–Crippen MR) is 126 cm³/mol. The molecule has 7 nitrogen and oxygen atoms in total. The van der Waals surface area contributed by atoms with Crippen LogP contribution in [0.5, 0.6) is 0 Å². The normalized spacial score (nSPS) is 25.3. The molecule has 1 amide bonds. The number of nitrogens with zero attached hydrogens (tertiary/aromatic N) is 4. The Kier molecular flexibility index (Phi) is 5.06. The minimum Gasteiger partial charge on any atom is -0.592 e. The largest absolute Gasteiger partial charge is 0.592 e. The molecule has 2 fully saturated rings. The van der Waals surface area contributed by atoms with Gasteiger partial charge in [-0.2, -0.15) is 5.10 Å². The number of para-hydroxylation sites is 1. The number of hydrogen-bond donors (Lipinski definition) is 0. The zero-order valence-corrected chi connectivity index (χ0v) is 20.1. The van der Waals surface area contributed by atoms with E-state index in [0.29, 0.717) is 28.9 Å². The molecule has 3 atom stereocenters. The number of aryl methyl sites for hydroxylation is 1. The summed E-state index contributed by atoms with van der Waals surface area (Å²) >= 11 is 1.24. The first kappa shape index (κ1) is 21.2. The molecule has 2 aromatic heterocycles. The maximum absolute atomic E-state index is 13.9. The second-order valence-corrected chi connectivity index (χ2v) is 12.3. The molecule has 6 rings (SSSR count). The van der Waals surface area contributed by atoms with E-state index in [1.54, 1.807) is 26.5 Å². The monoisotopic (exact) mass is 482 g/mol. The van der Waals surface area contributed by atoms with Gasteiger partial charge in [-0.25, -0.2) is 4.68 Å². The third kappa shape index (κ3) is 3.41. The van der Waals surface area contributed by atoms with Crippen molar-refractivity contribution < 1.29 is 13.6 Å². The minimum atomic E-state index is -3.54. The highest BCUT2D eigenvalue weighted by Gasteiger charge is 2.52. The van der Waals surface area contributed by atoms with Gasteiger partial charge in [0.1, 0.15) is 5.69 Å². The van der Waals surface area contributed by atoms with Crippen LogP contribution in [-0.4, -0.2) is 48.6 Å². The van der Waals surface area contributed by atoms with Crippen LogP contribution in [0.2, 0.25) is 0 Å². The lowest BCUT2D eigenvalue weighted by atomic mass is 9.99. The average Bonchev–Trinajstić information content (AvgIpc) is 3.25. The fourth-order valence-electron chi connectivity index (χ4n) is 5.41. The highest BCUT2D eigenvalue weighted by molar-refractivity contribution is 7.97. The number of benzene rings is 1. The van der Waals surface area contributed by atoms with Crippen molar-refractivity contribution in [3.63, 3.8) is 0 Å². The van der Waals surface area contributed by atoms with Crippen molar-refractivity contribution >= 4 is 27.6 Å². The Morgan fingerprint density at radius 1 is 1.12 bits per heavy atom. The molecule has 1 aliphatic carbocycles. The molecular weight excluding hydrogens is 456 g/mol. The van der Waals surface area contributed by atoms with Crippen molar-refractivity contribution in [2.24, 2.45) is 5.92 Å². The Balaban J connectivity index is 1.36. The summed E-state index contributed by atoms with van der Waals surface area (Å²) in [5, 5.41) is 6.53. The van der Waals surface area contributed by atoms with Crippen LogP contribution in [0.15, 0.2) is 52.1 Å². The number of hydrogen-bond acceptors (Lipinski definition) is 5. The molecule has 0 bridgehead atoms. The Morgan fingerprint density at radius 2 is 1.91 bits per heavy atom. The van der Waals surface area contributed by atoms with E-state index in [1.807, 2.05) is 42.2 Å². The van der Waals surface area contributed by atoms with E-state index in [2.05, 4.69) is 0 Å². The lowest BCUT2D eigenvalue weighted by Crippen LogP contribution is -2.52. The van der Waals surface area contributed by atoms with Gasteiger partial charge in [0.15, 0.2) is 10.4 Å². The van der Waals surface area contributed by atoms with E-state index in [9.17, 15) is 13.6 Å². The molecule has 1 aromatic carbocycles. The van der Waals surface area contributed by atoms with Gasteiger partial charge in [0.2, 0.25) is 4.21 Å². The summed E-state index contributed by atoms with van der Waals surface area (Å²) in [6.07, 6.45) is 3.74. The van der Waals surface area contributed by atoms with Crippen LogP contribution >= 0.6 is 11.3 Å². The summed E-state index contributed by atoms with van der Waals surface area (Å²) in [5.41, 5.74) is 3.44. The number of amides is 1. The van der Waals surface area contributed by atoms with Crippen LogP contribution in [-0.2, 0) is 14.6 Å². The summed E-state index contributed by atoms with van der Waals surface area (Å²) in [6.45, 7) is 2.83. The number of carbonyl (C=O) groups is 1. The van der Waals surface area contributed by atoms with E-state index in [4.69, 9.17) is 5.10 Å². The van der Waals surface area contributed by atoms with Gasteiger partial charge in [-0.15, -0.1) is 4.31 Å². The third-order valence-corrected chi connectivity index (χ3v) is 10.3. The molecule has 0 radical (unpaired) electrons. The van der Waals surface area contributed by atoms with Gasteiger partial charge in [-0.1, -0.05) is 33.7 Å². The van der Waals surface area contributed by atoms with Gasteiger partial charge < -0.3 is 9.45 Å².